The summed E-state index contributed by atoms with van der Waals surface area (Å²) in [5.74, 6) is 0.473. The third kappa shape index (κ3) is 20.0. The van der Waals surface area contributed by atoms with Gasteiger partial charge in [0.25, 0.3) is 0 Å². The minimum atomic E-state index is -0.215. The Morgan fingerprint density at radius 3 is 1.06 bits per heavy atom. The summed E-state index contributed by atoms with van der Waals surface area (Å²) in [6, 6.07) is 0. The van der Waals surface area contributed by atoms with Crippen LogP contribution in [0.25, 0.3) is 0 Å². The topological polar surface area (TPSA) is 17.1 Å². The molecule has 0 aliphatic rings. The van der Waals surface area contributed by atoms with Crippen LogP contribution in [0.2, 0.25) is 0 Å². The molecule has 0 saturated carbocycles. The zero-order chi connectivity index (χ0) is 24.1. The maximum atomic E-state index is 13.2. The highest BCUT2D eigenvalue weighted by Crippen LogP contribution is 2.23. The first kappa shape index (κ1) is 35.3. The van der Waals surface area contributed by atoms with E-state index in [0.717, 1.165) is 11.0 Å². The lowest BCUT2D eigenvalue weighted by Crippen LogP contribution is -3.00. The Labute approximate surface area is 220 Å². The molecule has 33 heavy (non-hydrogen) atoms. The Kier molecular flexibility index (Phi) is 24.1. The zero-order valence-electron chi connectivity index (χ0n) is 23.8. The summed E-state index contributed by atoms with van der Waals surface area (Å²) in [7, 11) is 0. The molecular weight excluding hydrogens is 470 g/mol. The van der Waals surface area contributed by atoms with Crippen LogP contribution in [0, 0.1) is 5.41 Å². The lowest BCUT2D eigenvalue weighted by atomic mass is 9.89. The molecule has 2 nitrogen and oxygen atoms in total. The van der Waals surface area contributed by atoms with Crippen molar-refractivity contribution in [2.75, 3.05) is 26.2 Å². The SMILES string of the molecule is CCCCCCCC[N+](CCCCCCCC)(CCCCCCCC)CC(=O)C(C)(C)C.[Br-]. The van der Waals surface area contributed by atoms with Gasteiger partial charge in [0, 0.05) is 5.41 Å². The lowest BCUT2D eigenvalue weighted by molar-refractivity contribution is -0.921. The molecule has 0 heterocycles. The Morgan fingerprint density at radius 2 is 0.788 bits per heavy atom. The molecule has 0 spiro atoms. The van der Waals surface area contributed by atoms with Gasteiger partial charge in [-0.1, -0.05) is 119 Å². The smallest absolute Gasteiger partial charge is 0.192 e. The monoisotopic (exact) mass is 531 g/mol. The Bertz CT molecular complexity index is 389. The van der Waals surface area contributed by atoms with Gasteiger partial charge in [-0.2, -0.15) is 0 Å². The molecule has 0 unspecified atom stereocenters. The zero-order valence-corrected chi connectivity index (χ0v) is 25.4. The number of ketones is 1. The number of rotatable bonds is 23. The first-order valence-corrected chi connectivity index (χ1v) is 14.7. The summed E-state index contributed by atoms with van der Waals surface area (Å²) in [6.45, 7) is 17.7. The molecule has 0 bridgehead atoms. The van der Waals surface area contributed by atoms with E-state index in [0.29, 0.717) is 5.78 Å². The van der Waals surface area contributed by atoms with Gasteiger partial charge in [0.15, 0.2) is 5.78 Å². The molecule has 0 aromatic heterocycles. The van der Waals surface area contributed by atoms with Crippen LogP contribution in [0.15, 0.2) is 0 Å². The van der Waals surface area contributed by atoms with Crippen LogP contribution < -0.4 is 17.0 Å². The van der Waals surface area contributed by atoms with Gasteiger partial charge < -0.3 is 21.5 Å². The number of halogens is 1. The van der Waals surface area contributed by atoms with Crippen molar-refractivity contribution in [1.82, 2.24) is 0 Å². The van der Waals surface area contributed by atoms with Gasteiger partial charge in [-0.3, -0.25) is 4.79 Å². The second kappa shape index (κ2) is 22.6. The Balaban J connectivity index is 0. The summed E-state index contributed by atoms with van der Waals surface area (Å²) >= 11 is 0. The minimum Gasteiger partial charge on any atom is -1.00 e. The van der Waals surface area contributed by atoms with Crippen LogP contribution in [0.4, 0.5) is 0 Å². The van der Waals surface area contributed by atoms with Crippen molar-refractivity contribution in [1.29, 1.82) is 0 Å². The van der Waals surface area contributed by atoms with Crippen LogP contribution in [0.1, 0.15) is 157 Å². The normalized spacial score (nSPS) is 12.1. The van der Waals surface area contributed by atoms with Crippen molar-refractivity contribution in [3.63, 3.8) is 0 Å². The number of nitrogens with zero attached hydrogens (tertiary/aromatic N) is 1. The fraction of sp³-hybridized carbons (Fsp3) is 0.967. The Morgan fingerprint density at radius 1 is 0.515 bits per heavy atom. The highest BCUT2D eigenvalue weighted by molar-refractivity contribution is 5.84. The quantitative estimate of drug-likeness (QED) is 0.108. The van der Waals surface area contributed by atoms with Gasteiger partial charge in [0.2, 0.25) is 0 Å². The molecule has 0 aliphatic heterocycles. The number of unbranched alkanes of at least 4 members (excludes halogenated alkanes) is 15. The summed E-state index contributed by atoms with van der Waals surface area (Å²) in [5.41, 5.74) is -0.215. The number of hydrogen-bond donors (Lipinski definition) is 0. The van der Waals surface area contributed by atoms with Crippen LogP contribution in [0.3, 0.4) is 0 Å². The fourth-order valence-corrected chi connectivity index (χ4v) is 4.80. The summed E-state index contributed by atoms with van der Waals surface area (Å²) in [5, 5.41) is 0. The van der Waals surface area contributed by atoms with Crippen molar-refractivity contribution in [2.45, 2.75) is 157 Å². The van der Waals surface area contributed by atoms with Crippen LogP contribution in [0.5, 0.6) is 0 Å². The molecule has 0 saturated heterocycles. The average molecular weight is 533 g/mol. The molecule has 0 rings (SSSR count). The molecule has 0 aliphatic carbocycles. The fourth-order valence-electron chi connectivity index (χ4n) is 4.80. The van der Waals surface area contributed by atoms with Crippen molar-refractivity contribution in [2.24, 2.45) is 5.41 Å². The highest BCUT2D eigenvalue weighted by atomic mass is 79.9. The highest BCUT2D eigenvalue weighted by Gasteiger charge is 2.34. The van der Waals surface area contributed by atoms with Crippen molar-refractivity contribution in [3.05, 3.63) is 0 Å². The van der Waals surface area contributed by atoms with E-state index in [-0.39, 0.29) is 22.4 Å². The minimum absolute atomic E-state index is 0. The predicted octanol–water partition coefficient (Wildman–Crippen LogP) is 6.50. The van der Waals surface area contributed by atoms with Gasteiger partial charge in [0.05, 0.1) is 19.6 Å². The van der Waals surface area contributed by atoms with E-state index in [4.69, 9.17) is 0 Å². The van der Waals surface area contributed by atoms with Crippen molar-refractivity contribution < 1.29 is 26.3 Å². The van der Waals surface area contributed by atoms with Gasteiger partial charge in [-0.05, 0) is 38.5 Å². The van der Waals surface area contributed by atoms with Crippen molar-refractivity contribution in [3.8, 4) is 0 Å². The summed E-state index contributed by atoms with van der Waals surface area (Å²) in [4.78, 5) is 13.2. The molecule has 0 atom stereocenters. The Hall–Kier alpha value is 0.110. The van der Waals surface area contributed by atoms with Gasteiger partial charge >= 0.3 is 0 Å². The molecular formula is C30H62BrNO. The van der Waals surface area contributed by atoms with Gasteiger partial charge in [-0.15, -0.1) is 0 Å². The number of Topliss-reactive ketones (excluding diaryl/α,β-unsaturated/α-hetero) is 1. The number of quaternary nitrogens is 1. The predicted molar refractivity (Wildman–Crippen MR) is 144 cm³/mol. The van der Waals surface area contributed by atoms with Crippen LogP contribution in [-0.2, 0) is 4.79 Å². The molecule has 0 aromatic rings. The third-order valence-electron chi connectivity index (χ3n) is 7.27. The summed E-state index contributed by atoms with van der Waals surface area (Å²) < 4.78 is 1.07. The van der Waals surface area contributed by atoms with E-state index in [2.05, 4.69) is 41.5 Å². The third-order valence-corrected chi connectivity index (χ3v) is 7.27. The van der Waals surface area contributed by atoms with E-state index >= 15 is 0 Å². The second-order valence-corrected chi connectivity index (χ2v) is 11.6. The number of carbonyl (C=O) groups is 1. The van der Waals surface area contributed by atoms with Gasteiger partial charge in [-0.25, -0.2) is 0 Å². The molecule has 0 radical (unpaired) electrons. The molecule has 0 N–H and O–H groups in total. The molecule has 0 fully saturated rings. The number of carbonyl (C=O) groups excluding carboxylic acids is 1. The molecule has 0 aromatic carbocycles. The molecule has 0 amide bonds. The maximum absolute atomic E-state index is 13.2. The van der Waals surface area contributed by atoms with Gasteiger partial charge in [0.1, 0.15) is 6.54 Å². The van der Waals surface area contributed by atoms with Crippen molar-refractivity contribution >= 4 is 5.78 Å². The van der Waals surface area contributed by atoms with E-state index in [1.54, 1.807) is 0 Å². The van der Waals surface area contributed by atoms with E-state index in [1.807, 2.05) is 0 Å². The van der Waals surface area contributed by atoms with E-state index in [9.17, 15) is 4.79 Å². The molecule has 3 heteroatoms. The second-order valence-electron chi connectivity index (χ2n) is 11.6. The largest absolute Gasteiger partial charge is 1.00 e. The standard InChI is InChI=1S/C30H62NO.BrH/c1-7-10-13-16-19-22-25-31(28-29(32)30(4,5)6,26-23-20-17-14-11-8-2)27-24-21-18-15-12-9-3;/h7-28H2,1-6H3;1H/q+1;/p-1. The first-order chi connectivity index (χ1) is 15.3. The van der Waals surface area contributed by atoms with Crippen LogP contribution >= 0.6 is 0 Å². The average Bonchev–Trinajstić information content (AvgIpc) is 2.75. The van der Waals surface area contributed by atoms with E-state index < -0.39 is 0 Å². The summed E-state index contributed by atoms with van der Waals surface area (Å²) in [6.07, 6.45) is 24.2. The van der Waals surface area contributed by atoms with E-state index in [1.165, 1.54) is 135 Å². The molecule has 200 valence electrons. The first-order valence-electron chi connectivity index (χ1n) is 14.7. The van der Waals surface area contributed by atoms with Crippen LogP contribution in [-0.4, -0.2) is 36.4 Å². The maximum Gasteiger partial charge on any atom is 0.192 e. The lowest BCUT2D eigenvalue weighted by Gasteiger charge is -2.40. The number of hydrogen-bond acceptors (Lipinski definition) is 1.